The van der Waals surface area contributed by atoms with E-state index < -0.39 is 82.8 Å². The number of nitrogens with two attached hydrogens (primary N) is 1. The third-order valence-electron chi connectivity index (χ3n) is 11.0. The molecule has 5 atom stereocenters. The molecule has 4 rings (SSSR count). The maximum atomic E-state index is 13.9. The van der Waals surface area contributed by atoms with E-state index in [9.17, 15) is 24.0 Å². The molecule has 18 nitrogen and oxygen atoms in total. The predicted octanol–water partition coefficient (Wildman–Crippen LogP) is 6.48. The molecule has 1 aromatic carbocycles. The number of carbonyl (C=O) groups is 5. The van der Waals surface area contributed by atoms with Crippen molar-refractivity contribution in [3.8, 4) is 17.4 Å². The predicted molar refractivity (Wildman–Crippen MR) is 251 cm³/mol. The number of hydrogen-bond donors (Lipinski definition) is 3. The third-order valence-corrected chi connectivity index (χ3v) is 11.0. The number of rotatable bonds is 20. The zero-order valence-electron chi connectivity index (χ0n) is 42.8. The van der Waals surface area contributed by atoms with Gasteiger partial charge in [-0.05, 0) is 114 Å². The van der Waals surface area contributed by atoms with Crippen LogP contribution in [-0.4, -0.2) is 116 Å². The number of amides is 1. The first-order valence-corrected chi connectivity index (χ1v) is 23.7. The molecule has 0 saturated carbocycles. The van der Waals surface area contributed by atoms with Crippen LogP contribution in [0.4, 0.5) is 0 Å². The molecule has 2 saturated heterocycles. The highest BCUT2D eigenvalue weighted by Crippen LogP contribution is 2.38. The smallest absolute Gasteiger partial charge is 0.311 e. The Morgan fingerprint density at radius 2 is 1.35 bits per heavy atom. The van der Waals surface area contributed by atoms with Crippen LogP contribution >= 0.6 is 0 Å². The number of aromatic nitrogens is 2. The number of H-pyrrole nitrogens is 1. The van der Waals surface area contributed by atoms with Crippen molar-refractivity contribution in [3.63, 3.8) is 0 Å². The zero-order chi connectivity index (χ0) is 50.8. The molecular weight excluding hydrogens is 881 g/mol. The molecule has 3 heterocycles. The molecule has 2 aromatic rings. The van der Waals surface area contributed by atoms with E-state index in [2.05, 4.69) is 15.5 Å². The second-order valence-corrected chi connectivity index (χ2v) is 22.0. The van der Waals surface area contributed by atoms with Gasteiger partial charge < -0.3 is 53.7 Å². The van der Waals surface area contributed by atoms with Crippen LogP contribution in [-0.2, 0) is 58.8 Å². The lowest BCUT2D eigenvalue weighted by Gasteiger charge is -2.45. The Bertz CT molecular complexity index is 2020. The molecule has 1 aromatic heterocycles. The molecule has 382 valence electrons. The number of esters is 4. The molecule has 2 aliphatic heterocycles. The molecular formula is C50H78N4O14. The number of aromatic amines is 1. The van der Waals surface area contributed by atoms with E-state index in [-0.39, 0.29) is 36.7 Å². The fraction of sp³-hybridized carbons (Fsp3) is 0.720. The Kier molecular flexibility index (Phi) is 19.3. The summed E-state index contributed by atoms with van der Waals surface area (Å²) in [7, 11) is 0. The molecule has 4 N–H and O–H groups in total. The van der Waals surface area contributed by atoms with Gasteiger partial charge in [0.25, 0.3) is 0 Å². The largest absolute Gasteiger partial charge is 0.493 e. The summed E-state index contributed by atoms with van der Waals surface area (Å²) in [6.45, 7) is 26.3. The minimum Gasteiger partial charge on any atom is -0.493 e. The summed E-state index contributed by atoms with van der Waals surface area (Å²) in [5.41, 5.74) is 3.36. The lowest BCUT2D eigenvalue weighted by molar-refractivity contribution is -0.294. The fourth-order valence-electron chi connectivity index (χ4n) is 6.77. The van der Waals surface area contributed by atoms with Crippen LogP contribution in [0.5, 0.6) is 17.4 Å². The normalized spacial score (nSPS) is 20.6. The molecule has 18 heteroatoms. The summed E-state index contributed by atoms with van der Waals surface area (Å²) < 4.78 is 56.1. The molecule has 2 aliphatic rings. The van der Waals surface area contributed by atoms with Gasteiger partial charge in [-0.1, -0.05) is 19.9 Å². The van der Waals surface area contributed by atoms with E-state index in [0.29, 0.717) is 69.2 Å². The first kappa shape index (κ1) is 55.7. The molecule has 0 bridgehead atoms. The maximum absolute atomic E-state index is 13.9. The minimum absolute atomic E-state index is 0.0815. The van der Waals surface area contributed by atoms with Crippen molar-refractivity contribution in [1.82, 2.24) is 15.5 Å². The number of primary amides is 1. The average Bonchev–Trinajstić information content (AvgIpc) is 3.62. The first-order valence-electron chi connectivity index (χ1n) is 23.7. The van der Waals surface area contributed by atoms with Crippen LogP contribution in [0.15, 0.2) is 18.2 Å². The summed E-state index contributed by atoms with van der Waals surface area (Å²) in [6, 6.07) is 5.66. The van der Waals surface area contributed by atoms with Crippen molar-refractivity contribution in [2.75, 3.05) is 39.5 Å². The van der Waals surface area contributed by atoms with Gasteiger partial charge >= 0.3 is 23.9 Å². The van der Waals surface area contributed by atoms with Gasteiger partial charge in [0.05, 0.1) is 41.5 Å². The van der Waals surface area contributed by atoms with Crippen molar-refractivity contribution < 1.29 is 66.6 Å². The van der Waals surface area contributed by atoms with Crippen molar-refractivity contribution in [1.29, 1.82) is 0 Å². The molecule has 0 aliphatic carbocycles. The zero-order valence-corrected chi connectivity index (χ0v) is 42.8. The van der Waals surface area contributed by atoms with Crippen molar-refractivity contribution >= 4 is 29.8 Å². The van der Waals surface area contributed by atoms with Crippen molar-refractivity contribution in [2.45, 2.75) is 172 Å². The number of benzene rings is 1. The van der Waals surface area contributed by atoms with Gasteiger partial charge in [-0.2, -0.15) is 0 Å². The Labute approximate surface area is 402 Å². The maximum Gasteiger partial charge on any atom is 0.311 e. The van der Waals surface area contributed by atoms with Gasteiger partial charge in [0.2, 0.25) is 24.2 Å². The summed E-state index contributed by atoms with van der Waals surface area (Å²) in [6.07, 6.45) is -4.83. The summed E-state index contributed by atoms with van der Waals surface area (Å²) in [4.78, 5) is 65.8. The van der Waals surface area contributed by atoms with E-state index in [1.54, 1.807) is 83.1 Å². The van der Waals surface area contributed by atoms with Gasteiger partial charge in [-0.25, -0.2) is 0 Å². The average molecular weight is 959 g/mol. The van der Waals surface area contributed by atoms with E-state index in [1.807, 2.05) is 32.0 Å². The summed E-state index contributed by atoms with van der Waals surface area (Å²) in [5.74, 6) is -1.76. The molecule has 0 spiro atoms. The van der Waals surface area contributed by atoms with Gasteiger partial charge in [0.1, 0.15) is 30.3 Å². The number of hydrogen-bond acceptors (Lipinski definition) is 16. The second-order valence-electron chi connectivity index (χ2n) is 22.0. The monoisotopic (exact) mass is 959 g/mol. The van der Waals surface area contributed by atoms with Crippen LogP contribution in [0, 0.1) is 21.7 Å². The topological polar surface area (TPSA) is 235 Å². The molecule has 2 fully saturated rings. The van der Waals surface area contributed by atoms with Crippen LogP contribution in [0.3, 0.4) is 0 Å². The number of nitrogens with zero attached hydrogens (tertiary/aromatic N) is 1. The van der Waals surface area contributed by atoms with Gasteiger partial charge in [0.15, 0.2) is 12.2 Å². The second kappa shape index (κ2) is 23.6. The Hall–Kier alpha value is -4.94. The molecule has 0 radical (unpaired) electrons. The van der Waals surface area contributed by atoms with Crippen LogP contribution < -0.4 is 25.3 Å². The molecule has 68 heavy (non-hydrogen) atoms. The Morgan fingerprint density at radius 1 is 0.779 bits per heavy atom. The quantitative estimate of drug-likeness (QED) is 0.0732. The third kappa shape index (κ3) is 16.4. The van der Waals surface area contributed by atoms with E-state index >= 15 is 0 Å². The van der Waals surface area contributed by atoms with Gasteiger partial charge in [-0.15, -0.1) is 5.10 Å². The first-order chi connectivity index (χ1) is 31.6. The fourth-order valence-corrected chi connectivity index (χ4v) is 6.77. The van der Waals surface area contributed by atoms with E-state index in [0.717, 1.165) is 11.3 Å². The highest BCUT2D eigenvalue weighted by Gasteiger charge is 2.56. The standard InChI is InChI=1S/C50H78N4O14/c1-29(2)37-33(26-30-16-17-32(61-23-15-21-52-22-18-36(51)55)27-34(30)63-31-19-24-60-25-20-31)41(54-53-37)68-42-40(67-46(59)50(12,13)14)39(66-45(58)49(9,10)11)38(65-44(57)48(6,7)8)35(64-42)28-62-43(56)47(3,4)5/h16-17,27,29,31,35,38-40,42,52H,15,18-26,28H2,1-14H3,(H2,51,55)(H,53,54)/t35-,38-,39+,40-,42?/m1/s1. The molecule has 1 amide bonds. The van der Waals surface area contributed by atoms with Crippen LogP contribution in [0.25, 0.3) is 0 Å². The summed E-state index contributed by atoms with van der Waals surface area (Å²) in [5, 5.41) is 11.0. The van der Waals surface area contributed by atoms with E-state index in [4.69, 9.17) is 48.4 Å². The van der Waals surface area contributed by atoms with Crippen LogP contribution in [0.2, 0.25) is 0 Å². The highest BCUT2D eigenvalue weighted by molar-refractivity contribution is 5.78. The van der Waals surface area contributed by atoms with Crippen LogP contribution in [0.1, 0.15) is 145 Å². The number of nitrogens with one attached hydrogen (secondary N) is 2. The minimum atomic E-state index is -1.55. The van der Waals surface area contributed by atoms with E-state index in [1.165, 1.54) is 0 Å². The van der Waals surface area contributed by atoms with Gasteiger partial charge in [0, 0.05) is 49.6 Å². The summed E-state index contributed by atoms with van der Waals surface area (Å²) >= 11 is 0. The lowest BCUT2D eigenvalue weighted by atomic mass is 9.93. The Balaban J connectivity index is 1.81. The van der Waals surface area contributed by atoms with Gasteiger partial charge in [-0.3, -0.25) is 29.1 Å². The SMILES string of the molecule is CC(C)c1[nH]nc(OC2O[C@H](COC(=O)C(C)(C)C)[C@@H](OC(=O)C(C)(C)C)[C@H](OC(=O)C(C)(C)C)[C@H]2OC(=O)C(C)(C)C)c1Cc1ccc(OCCCNCCC(N)=O)cc1OC1CCOCC1. The lowest BCUT2D eigenvalue weighted by Crippen LogP contribution is -2.65. The van der Waals surface area contributed by atoms with Crippen molar-refractivity contribution in [3.05, 3.63) is 35.0 Å². The number of ether oxygens (including phenoxy) is 9. The van der Waals surface area contributed by atoms with Crippen molar-refractivity contribution in [2.24, 2.45) is 27.4 Å². The Morgan fingerprint density at radius 3 is 1.91 bits per heavy atom. The molecule has 1 unspecified atom stereocenters. The highest BCUT2D eigenvalue weighted by atomic mass is 16.7. The number of carbonyl (C=O) groups excluding carboxylic acids is 5.